The molecule has 1 aliphatic rings. The molecule has 0 N–H and O–H groups in total. The van der Waals surface area contributed by atoms with Crippen molar-refractivity contribution >= 4 is 71.4 Å². The van der Waals surface area contributed by atoms with Gasteiger partial charge in [0, 0.05) is 40.9 Å². The van der Waals surface area contributed by atoms with Gasteiger partial charge >= 0.3 is 0 Å². The summed E-state index contributed by atoms with van der Waals surface area (Å²) in [6.07, 6.45) is 17.5. The number of nitrogens with zero attached hydrogens (tertiary/aromatic N) is 2. The zero-order chi connectivity index (χ0) is 36.6. The summed E-state index contributed by atoms with van der Waals surface area (Å²) in [5, 5.41) is 10.5. The quantitative estimate of drug-likeness (QED) is 0.0844. The third kappa shape index (κ3) is 5.70. The van der Waals surface area contributed by atoms with Crippen molar-refractivity contribution in [1.82, 2.24) is 0 Å². The zero-order valence-electron chi connectivity index (χ0n) is 30.4. The summed E-state index contributed by atoms with van der Waals surface area (Å²) in [6.45, 7) is 7.84. The summed E-state index contributed by atoms with van der Waals surface area (Å²) in [6, 6.07) is 51.1. The molecule has 0 fully saturated rings. The summed E-state index contributed by atoms with van der Waals surface area (Å²) in [7, 11) is 2.17. The predicted octanol–water partition coefficient (Wildman–Crippen LogP) is 14.5. The first-order valence-corrected chi connectivity index (χ1v) is 18.5. The van der Waals surface area contributed by atoms with E-state index in [-0.39, 0.29) is 0 Å². The third-order valence-electron chi connectivity index (χ3n) is 10.8. The van der Waals surface area contributed by atoms with E-state index in [1.807, 2.05) is 12.2 Å². The Bertz CT molecular complexity index is 2760. The van der Waals surface area contributed by atoms with E-state index >= 15 is 0 Å². The topological polar surface area (TPSA) is 6.48 Å². The Morgan fingerprint density at radius 1 is 0.574 bits per heavy atom. The second-order valence-corrected chi connectivity index (χ2v) is 13.8. The molecule has 0 aliphatic heterocycles. The zero-order valence-corrected chi connectivity index (χ0v) is 30.4. The molecule has 0 radical (unpaired) electrons. The van der Waals surface area contributed by atoms with Crippen molar-refractivity contribution in [3.63, 3.8) is 0 Å². The molecule has 0 bridgehead atoms. The number of rotatable bonds is 9. The highest BCUT2D eigenvalue weighted by atomic mass is 15.1. The van der Waals surface area contributed by atoms with Crippen LogP contribution in [0.2, 0.25) is 0 Å². The first-order valence-electron chi connectivity index (χ1n) is 18.5. The largest absolute Gasteiger partial charge is 0.344 e. The van der Waals surface area contributed by atoms with Gasteiger partial charge in [-0.3, -0.25) is 0 Å². The Balaban J connectivity index is 1.03. The monoisotopic (exact) mass is 692 g/mol. The molecule has 54 heavy (non-hydrogen) atoms. The van der Waals surface area contributed by atoms with Crippen molar-refractivity contribution in [3.8, 4) is 11.1 Å². The molecule has 0 saturated heterocycles. The molecule has 8 aromatic carbocycles. The second-order valence-electron chi connectivity index (χ2n) is 13.8. The lowest BCUT2D eigenvalue weighted by atomic mass is 9.89. The van der Waals surface area contributed by atoms with Crippen LogP contribution in [0.25, 0.3) is 59.8 Å². The Hall–Kier alpha value is -6.90. The average Bonchev–Trinajstić information content (AvgIpc) is 3.52. The van der Waals surface area contributed by atoms with Crippen LogP contribution in [0.4, 0.5) is 22.7 Å². The molecule has 1 aliphatic carbocycles. The van der Waals surface area contributed by atoms with Gasteiger partial charge in [-0.25, -0.2) is 0 Å². The SMILES string of the molecule is C=C/C=C(\C=C)c1ccc(N(C2=CC=CCC=C2)c2ccc(-c3ccc(N(C)c4ccc5c6cccc7cccc(c8cccc4c85)c76)cc3)cc2)cc1. The number of fused-ring (bicyclic) bond motifs is 2. The van der Waals surface area contributed by atoms with Crippen LogP contribution < -0.4 is 9.80 Å². The molecule has 0 unspecified atom stereocenters. The molecular weight excluding hydrogens is 653 g/mol. The van der Waals surface area contributed by atoms with Crippen molar-refractivity contribution in [2.75, 3.05) is 16.8 Å². The summed E-state index contributed by atoms with van der Waals surface area (Å²) in [4.78, 5) is 4.62. The molecule has 2 heteroatoms. The third-order valence-corrected chi connectivity index (χ3v) is 10.8. The van der Waals surface area contributed by atoms with Crippen molar-refractivity contribution in [2.45, 2.75) is 6.42 Å². The maximum Gasteiger partial charge on any atom is 0.0488 e. The van der Waals surface area contributed by atoms with Gasteiger partial charge in [0.15, 0.2) is 0 Å². The summed E-state index contributed by atoms with van der Waals surface area (Å²) >= 11 is 0. The highest BCUT2D eigenvalue weighted by molar-refractivity contribution is 6.34. The first kappa shape index (κ1) is 33.0. The highest BCUT2D eigenvalue weighted by Crippen LogP contribution is 2.44. The van der Waals surface area contributed by atoms with Crippen molar-refractivity contribution in [1.29, 1.82) is 0 Å². The van der Waals surface area contributed by atoms with Gasteiger partial charge in [-0.05, 0) is 121 Å². The van der Waals surface area contributed by atoms with E-state index in [0.29, 0.717) is 0 Å². The Morgan fingerprint density at radius 3 is 1.80 bits per heavy atom. The number of allylic oxidation sites excluding steroid dienone is 9. The first-order chi connectivity index (χ1) is 26.6. The van der Waals surface area contributed by atoms with Crippen molar-refractivity contribution in [2.24, 2.45) is 0 Å². The van der Waals surface area contributed by atoms with E-state index in [0.717, 1.165) is 40.3 Å². The number of hydrogen-bond donors (Lipinski definition) is 0. The highest BCUT2D eigenvalue weighted by Gasteiger charge is 2.18. The van der Waals surface area contributed by atoms with Crippen LogP contribution in [0.15, 0.2) is 207 Å². The minimum Gasteiger partial charge on any atom is -0.344 e. The summed E-state index contributed by atoms with van der Waals surface area (Å²) in [5.41, 5.74) is 10.2. The molecule has 8 aromatic rings. The van der Waals surface area contributed by atoms with Crippen LogP contribution in [-0.4, -0.2) is 7.05 Å². The van der Waals surface area contributed by atoms with Gasteiger partial charge in [0.05, 0.1) is 0 Å². The van der Waals surface area contributed by atoms with E-state index in [9.17, 15) is 0 Å². The van der Waals surface area contributed by atoms with E-state index < -0.39 is 0 Å². The molecular formula is C52H40N2. The summed E-state index contributed by atoms with van der Waals surface area (Å²) < 4.78 is 0. The predicted molar refractivity (Wildman–Crippen MR) is 236 cm³/mol. The Labute approximate surface area is 317 Å². The molecule has 258 valence electrons. The second kappa shape index (κ2) is 13.9. The standard InChI is InChI=1S/C52H40N2/c1-4-13-36(5-2)37-24-30-43(31-25-37)54(42-16-8-6-7-9-17-42)44-32-26-39(27-33-44)38-22-28-41(29-23-38)53(3)50-35-34-48-46-19-11-15-40-14-10-18-45(51(40)46)47-20-12-21-49(50)52(47)48/h4-6,8-35H,1-2,7H2,3H3/b36-13+. The molecule has 2 nitrogen and oxygen atoms in total. The van der Waals surface area contributed by atoms with E-state index in [1.54, 1.807) is 6.08 Å². The Morgan fingerprint density at radius 2 is 1.15 bits per heavy atom. The lowest BCUT2D eigenvalue weighted by Gasteiger charge is -2.27. The number of anilines is 4. The lowest BCUT2D eigenvalue weighted by molar-refractivity contribution is 1.20. The minimum atomic E-state index is 0.917. The summed E-state index contributed by atoms with van der Waals surface area (Å²) in [5.74, 6) is 0. The van der Waals surface area contributed by atoms with Gasteiger partial charge in [0.1, 0.15) is 0 Å². The van der Waals surface area contributed by atoms with Crippen LogP contribution in [0.3, 0.4) is 0 Å². The average molecular weight is 693 g/mol. The van der Waals surface area contributed by atoms with Crippen LogP contribution in [-0.2, 0) is 0 Å². The van der Waals surface area contributed by atoms with E-state index in [2.05, 4.69) is 200 Å². The van der Waals surface area contributed by atoms with Gasteiger partial charge in [0.2, 0.25) is 0 Å². The maximum absolute atomic E-state index is 3.98. The molecule has 0 spiro atoms. The molecule has 0 atom stereocenters. The molecule has 9 rings (SSSR count). The maximum atomic E-state index is 3.98. The van der Waals surface area contributed by atoms with E-state index in [1.165, 1.54) is 59.9 Å². The van der Waals surface area contributed by atoms with Crippen LogP contribution in [0, 0.1) is 0 Å². The van der Waals surface area contributed by atoms with E-state index in [4.69, 9.17) is 0 Å². The molecule has 0 amide bonds. The fraction of sp³-hybridized carbons (Fsp3) is 0.0385. The van der Waals surface area contributed by atoms with Gasteiger partial charge < -0.3 is 9.80 Å². The molecule has 0 saturated carbocycles. The number of benzene rings is 8. The minimum absolute atomic E-state index is 0.917. The normalized spacial score (nSPS) is 13.1. The molecule has 0 heterocycles. The molecule has 0 aromatic heterocycles. The van der Waals surface area contributed by atoms with Gasteiger partial charge in [-0.1, -0.05) is 147 Å². The van der Waals surface area contributed by atoms with Crippen molar-refractivity contribution in [3.05, 3.63) is 213 Å². The van der Waals surface area contributed by atoms with Crippen LogP contribution in [0.1, 0.15) is 12.0 Å². The fourth-order valence-corrected chi connectivity index (χ4v) is 8.12. The Kier molecular flexibility index (Phi) is 8.49. The van der Waals surface area contributed by atoms with Crippen LogP contribution in [0.5, 0.6) is 0 Å². The van der Waals surface area contributed by atoms with Crippen LogP contribution >= 0.6 is 0 Å². The smallest absolute Gasteiger partial charge is 0.0488 e. The fourth-order valence-electron chi connectivity index (χ4n) is 8.12. The van der Waals surface area contributed by atoms with Crippen molar-refractivity contribution < 1.29 is 0 Å². The lowest BCUT2D eigenvalue weighted by Crippen LogP contribution is -2.15. The van der Waals surface area contributed by atoms with Gasteiger partial charge in [0.25, 0.3) is 0 Å². The number of hydrogen-bond acceptors (Lipinski definition) is 2. The van der Waals surface area contributed by atoms with Gasteiger partial charge in [-0.15, -0.1) is 0 Å². The van der Waals surface area contributed by atoms with Gasteiger partial charge in [-0.2, -0.15) is 0 Å².